The van der Waals surface area contributed by atoms with Gasteiger partial charge in [-0.05, 0) is 18.4 Å². The Morgan fingerprint density at radius 1 is 1.10 bits per heavy atom. The van der Waals surface area contributed by atoms with Gasteiger partial charge in [-0.3, -0.25) is 0 Å². The second-order valence-electron chi connectivity index (χ2n) is 6.34. The highest BCUT2D eigenvalue weighted by atomic mass is 16.7. The van der Waals surface area contributed by atoms with Gasteiger partial charge in [-0.2, -0.15) is 0 Å². The van der Waals surface area contributed by atoms with Crippen LogP contribution in [0.5, 0.6) is 11.5 Å². The molecule has 3 rings (SSSR count). The van der Waals surface area contributed by atoms with Gasteiger partial charge in [-0.25, -0.2) is 0 Å². The quantitative estimate of drug-likeness (QED) is 0.907. The third-order valence-electron chi connectivity index (χ3n) is 3.65. The van der Waals surface area contributed by atoms with Crippen LogP contribution in [0.25, 0.3) is 11.0 Å². The Bertz CT molecular complexity index is 643. The molecule has 0 atom stereocenters. The summed E-state index contributed by atoms with van der Waals surface area (Å²) in [5.41, 5.74) is 2.17. The Labute approximate surface area is 125 Å². The van der Waals surface area contributed by atoms with Crippen molar-refractivity contribution in [3.05, 3.63) is 23.5 Å². The summed E-state index contributed by atoms with van der Waals surface area (Å²) in [6, 6.07) is 4.43. The molecule has 1 aliphatic heterocycles. The Morgan fingerprint density at radius 2 is 1.81 bits per heavy atom. The SMILES string of the molecule is CC(C)Cc1c(CNC(C)C)oc2cc3c(cc12)OCO3. The van der Waals surface area contributed by atoms with Crippen molar-refractivity contribution >= 4 is 11.0 Å². The lowest BCUT2D eigenvalue weighted by Gasteiger charge is -2.09. The van der Waals surface area contributed by atoms with Gasteiger partial charge in [-0.1, -0.05) is 27.7 Å². The van der Waals surface area contributed by atoms with Gasteiger partial charge >= 0.3 is 0 Å². The van der Waals surface area contributed by atoms with Crippen molar-refractivity contribution in [2.75, 3.05) is 6.79 Å². The Kier molecular flexibility index (Phi) is 3.81. The van der Waals surface area contributed by atoms with Gasteiger partial charge in [0, 0.05) is 23.1 Å². The Hall–Kier alpha value is -1.68. The molecule has 0 fully saturated rings. The molecule has 1 aromatic carbocycles. The average molecular weight is 289 g/mol. The lowest BCUT2D eigenvalue weighted by atomic mass is 9.99. The molecule has 4 nitrogen and oxygen atoms in total. The van der Waals surface area contributed by atoms with E-state index in [2.05, 4.69) is 39.1 Å². The molecule has 4 heteroatoms. The van der Waals surface area contributed by atoms with Crippen LogP contribution in [0.2, 0.25) is 0 Å². The first kappa shape index (κ1) is 14.3. The zero-order chi connectivity index (χ0) is 15.0. The fourth-order valence-corrected chi connectivity index (χ4v) is 2.66. The smallest absolute Gasteiger partial charge is 0.231 e. The number of nitrogens with one attached hydrogen (secondary N) is 1. The minimum Gasteiger partial charge on any atom is -0.459 e. The topological polar surface area (TPSA) is 43.6 Å². The average Bonchev–Trinajstić information content (AvgIpc) is 2.98. The van der Waals surface area contributed by atoms with E-state index in [1.165, 1.54) is 5.56 Å². The van der Waals surface area contributed by atoms with Gasteiger partial charge in [-0.15, -0.1) is 0 Å². The monoisotopic (exact) mass is 289 g/mol. The molecule has 0 unspecified atom stereocenters. The van der Waals surface area contributed by atoms with E-state index < -0.39 is 0 Å². The van der Waals surface area contributed by atoms with Crippen molar-refractivity contribution in [1.82, 2.24) is 5.32 Å². The number of hydrogen-bond acceptors (Lipinski definition) is 4. The fourth-order valence-electron chi connectivity index (χ4n) is 2.66. The molecular formula is C17H23NO3. The molecule has 2 heterocycles. The van der Waals surface area contributed by atoms with E-state index in [0.717, 1.165) is 41.2 Å². The molecule has 0 radical (unpaired) electrons. The summed E-state index contributed by atoms with van der Waals surface area (Å²) in [4.78, 5) is 0. The van der Waals surface area contributed by atoms with Crippen LogP contribution in [-0.2, 0) is 13.0 Å². The normalized spacial score (nSPS) is 13.8. The summed E-state index contributed by atoms with van der Waals surface area (Å²) in [7, 11) is 0. The number of hydrogen-bond donors (Lipinski definition) is 1. The number of furan rings is 1. The molecule has 2 aromatic rings. The van der Waals surface area contributed by atoms with E-state index in [0.29, 0.717) is 18.8 Å². The summed E-state index contributed by atoms with van der Waals surface area (Å²) in [5.74, 6) is 3.19. The molecule has 21 heavy (non-hydrogen) atoms. The first-order valence-corrected chi connectivity index (χ1v) is 7.62. The van der Waals surface area contributed by atoms with Gasteiger partial charge < -0.3 is 19.2 Å². The Morgan fingerprint density at radius 3 is 2.48 bits per heavy atom. The van der Waals surface area contributed by atoms with Crippen LogP contribution < -0.4 is 14.8 Å². The van der Waals surface area contributed by atoms with Crippen LogP contribution >= 0.6 is 0 Å². The minimum atomic E-state index is 0.295. The Balaban J connectivity index is 2.04. The molecule has 0 amide bonds. The van der Waals surface area contributed by atoms with E-state index in [1.807, 2.05) is 6.07 Å². The molecule has 114 valence electrons. The molecule has 1 aliphatic rings. The van der Waals surface area contributed by atoms with Gasteiger partial charge in [0.05, 0.1) is 6.54 Å². The van der Waals surface area contributed by atoms with Crippen molar-refractivity contribution < 1.29 is 13.9 Å². The van der Waals surface area contributed by atoms with Gasteiger partial charge in [0.2, 0.25) is 6.79 Å². The molecule has 0 bridgehead atoms. The van der Waals surface area contributed by atoms with Crippen LogP contribution in [-0.4, -0.2) is 12.8 Å². The predicted molar refractivity (Wildman–Crippen MR) is 82.9 cm³/mol. The highest BCUT2D eigenvalue weighted by molar-refractivity contribution is 5.86. The largest absolute Gasteiger partial charge is 0.459 e. The summed E-state index contributed by atoms with van der Waals surface area (Å²) in [6.45, 7) is 9.78. The zero-order valence-corrected chi connectivity index (χ0v) is 13.2. The molecule has 0 saturated heterocycles. The predicted octanol–water partition coefficient (Wildman–Crippen LogP) is 3.86. The fraction of sp³-hybridized carbons (Fsp3) is 0.529. The van der Waals surface area contributed by atoms with Crippen molar-refractivity contribution in [3.63, 3.8) is 0 Å². The van der Waals surface area contributed by atoms with E-state index in [4.69, 9.17) is 13.9 Å². The van der Waals surface area contributed by atoms with E-state index in [9.17, 15) is 0 Å². The van der Waals surface area contributed by atoms with Gasteiger partial charge in [0.25, 0.3) is 0 Å². The molecule has 1 aromatic heterocycles. The first-order valence-electron chi connectivity index (χ1n) is 7.62. The van der Waals surface area contributed by atoms with E-state index in [-0.39, 0.29) is 0 Å². The first-order chi connectivity index (χ1) is 10.0. The molecule has 1 N–H and O–H groups in total. The second-order valence-corrected chi connectivity index (χ2v) is 6.34. The van der Waals surface area contributed by atoms with Gasteiger partial charge in [0.15, 0.2) is 11.5 Å². The van der Waals surface area contributed by atoms with Crippen LogP contribution in [0.4, 0.5) is 0 Å². The van der Waals surface area contributed by atoms with Gasteiger partial charge in [0.1, 0.15) is 11.3 Å². The highest BCUT2D eigenvalue weighted by Crippen LogP contribution is 2.39. The number of benzene rings is 1. The van der Waals surface area contributed by atoms with Crippen LogP contribution in [0.3, 0.4) is 0 Å². The molecular weight excluding hydrogens is 266 g/mol. The lowest BCUT2D eigenvalue weighted by molar-refractivity contribution is 0.174. The highest BCUT2D eigenvalue weighted by Gasteiger charge is 2.21. The summed E-state index contributed by atoms with van der Waals surface area (Å²) in [5, 5.41) is 4.58. The van der Waals surface area contributed by atoms with Crippen molar-refractivity contribution in [3.8, 4) is 11.5 Å². The van der Waals surface area contributed by atoms with Crippen molar-refractivity contribution in [2.24, 2.45) is 5.92 Å². The summed E-state index contributed by atoms with van der Waals surface area (Å²) >= 11 is 0. The minimum absolute atomic E-state index is 0.295. The standard InChI is InChI=1S/C17H23NO3/c1-10(2)5-12-13-6-15-16(20-9-19-15)7-14(13)21-17(12)8-18-11(3)4/h6-7,10-11,18H,5,8-9H2,1-4H3. The maximum absolute atomic E-state index is 6.08. The maximum Gasteiger partial charge on any atom is 0.231 e. The number of rotatable bonds is 5. The van der Waals surface area contributed by atoms with E-state index in [1.54, 1.807) is 0 Å². The number of ether oxygens (including phenoxy) is 2. The third kappa shape index (κ3) is 2.86. The summed E-state index contributed by atoms with van der Waals surface area (Å²) in [6.07, 6.45) is 1.00. The maximum atomic E-state index is 6.08. The lowest BCUT2D eigenvalue weighted by Crippen LogP contribution is -2.22. The van der Waals surface area contributed by atoms with Crippen molar-refractivity contribution in [1.29, 1.82) is 0 Å². The number of fused-ring (bicyclic) bond motifs is 2. The molecule has 0 saturated carbocycles. The van der Waals surface area contributed by atoms with Crippen LogP contribution in [0, 0.1) is 5.92 Å². The third-order valence-corrected chi connectivity index (χ3v) is 3.65. The summed E-state index contributed by atoms with van der Waals surface area (Å²) < 4.78 is 17.0. The van der Waals surface area contributed by atoms with Crippen molar-refractivity contribution in [2.45, 2.75) is 46.7 Å². The molecule has 0 spiro atoms. The second kappa shape index (κ2) is 5.60. The van der Waals surface area contributed by atoms with Crippen LogP contribution in [0.15, 0.2) is 16.5 Å². The van der Waals surface area contributed by atoms with E-state index >= 15 is 0 Å². The van der Waals surface area contributed by atoms with Crippen LogP contribution in [0.1, 0.15) is 39.0 Å². The zero-order valence-electron chi connectivity index (χ0n) is 13.2. The molecule has 0 aliphatic carbocycles.